The molecule has 2 N–H and O–H groups in total. The normalized spacial score (nSPS) is 28.4. The van der Waals surface area contributed by atoms with E-state index in [4.69, 9.17) is 0 Å². The van der Waals surface area contributed by atoms with E-state index in [0.29, 0.717) is 0 Å². The summed E-state index contributed by atoms with van der Waals surface area (Å²) in [6.45, 7) is 7.43. The lowest BCUT2D eigenvalue weighted by molar-refractivity contribution is 0.228. The predicted octanol–water partition coefficient (Wildman–Crippen LogP) is 0.814. The molecule has 2 aliphatic heterocycles. The summed E-state index contributed by atoms with van der Waals surface area (Å²) >= 11 is 0. The number of likely N-dealkylation sites (tertiary alicyclic amines) is 1. The fourth-order valence-electron chi connectivity index (χ4n) is 2.63. The van der Waals surface area contributed by atoms with Crippen LogP contribution in [0.5, 0.6) is 0 Å². The van der Waals surface area contributed by atoms with Crippen molar-refractivity contribution in [3.63, 3.8) is 0 Å². The van der Waals surface area contributed by atoms with Crippen LogP contribution in [0.4, 0.5) is 0 Å². The molecule has 2 aliphatic rings. The Balaban J connectivity index is 1.47. The Morgan fingerprint density at radius 2 is 2.00 bits per heavy atom. The first-order valence-corrected chi connectivity index (χ1v) is 6.61. The molecule has 2 heterocycles. The van der Waals surface area contributed by atoms with Gasteiger partial charge < -0.3 is 15.5 Å². The van der Waals surface area contributed by atoms with Gasteiger partial charge in [-0.3, -0.25) is 0 Å². The Labute approximate surface area is 93.6 Å². The maximum Gasteiger partial charge on any atom is 0.0192 e. The van der Waals surface area contributed by atoms with Gasteiger partial charge in [0, 0.05) is 25.7 Å². The van der Waals surface area contributed by atoms with Crippen molar-refractivity contribution in [3.05, 3.63) is 0 Å². The molecule has 1 unspecified atom stereocenters. The Kier molecular flexibility index (Phi) is 4.90. The molecule has 0 saturated carbocycles. The third kappa shape index (κ3) is 4.09. The van der Waals surface area contributed by atoms with Crippen LogP contribution in [-0.4, -0.2) is 50.2 Å². The molecule has 2 saturated heterocycles. The maximum atomic E-state index is 3.57. The zero-order valence-corrected chi connectivity index (χ0v) is 9.80. The summed E-state index contributed by atoms with van der Waals surface area (Å²) < 4.78 is 0. The highest BCUT2D eigenvalue weighted by molar-refractivity contribution is 4.76. The first kappa shape index (κ1) is 11.4. The van der Waals surface area contributed by atoms with E-state index in [9.17, 15) is 0 Å². The van der Waals surface area contributed by atoms with Gasteiger partial charge in [0.15, 0.2) is 0 Å². The lowest BCUT2D eigenvalue weighted by Gasteiger charge is -2.26. The summed E-state index contributed by atoms with van der Waals surface area (Å²) in [5.41, 5.74) is 0. The lowest BCUT2D eigenvalue weighted by atomic mass is 10.1. The standard InChI is InChI=1S/C12H25N3/c1-2-8-15(9-3-1)10-7-13-11-12-5-4-6-14-12/h12-14H,1-11H2. The Morgan fingerprint density at radius 1 is 1.13 bits per heavy atom. The van der Waals surface area contributed by atoms with Crippen molar-refractivity contribution in [1.29, 1.82) is 0 Å². The van der Waals surface area contributed by atoms with Crippen LogP contribution in [0.2, 0.25) is 0 Å². The summed E-state index contributed by atoms with van der Waals surface area (Å²) in [4.78, 5) is 2.60. The van der Waals surface area contributed by atoms with E-state index < -0.39 is 0 Å². The largest absolute Gasteiger partial charge is 0.314 e. The maximum absolute atomic E-state index is 3.57. The third-order valence-corrected chi connectivity index (χ3v) is 3.61. The van der Waals surface area contributed by atoms with E-state index in [1.807, 2.05) is 0 Å². The van der Waals surface area contributed by atoms with E-state index in [2.05, 4.69) is 15.5 Å². The van der Waals surface area contributed by atoms with Gasteiger partial charge in [-0.05, 0) is 45.3 Å². The molecule has 0 bridgehead atoms. The van der Waals surface area contributed by atoms with Crippen LogP contribution < -0.4 is 10.6 Å². The summed E-state index contributed by atoms with van der Waals surface area (Å²) in [6, 6.07) is 0.742. The minimum absolute atomic E-state index is 0.742. The fourth-order valence-corrected chi connectivity index (χ4v) is 2.63. The molecule has 0 spiro atoms. The van der Waals surface area contributed by atoms with Gasteiger partial charge in [-0.2, -0.15) is 0 Å². The van der Waals surface area contributed by atoms with Crippen molar-refractivity contribution in [3.8, 4) is 0 Å². The highest BCUT2D eigenvalue weighted by Gasteiger charge is 2.13. The van der Waals surface area contributed by atoms with Crippen molar-refractivity contribution >= 4 is 0 Å². The molecule has 0 amide bonds. The van der Waals surface area contributed by atoms with Crippen LogP contribution in [0.25, 0.3) is 0 Å². The minimum atomic E-state index is 0.742. The van der Waals surface area contributed by atoms with Gasteiger partial charge >= 0.3 is 0 Å². The third-order valence-electron chi connectivity index (χ3n) is 3.61. The molecular formula is C12H25N3. The average Bonchev–Trinajstić information content (AvgIpc) is 2.79. The number of hydrogen-bond donors (Lipinski definition) is 2. The van der Waals surface area contributed by atoms with Gasteiger partial charge in [0.2, 0.25) is 0 Å². The summed E-state index contributed by atoms with van der Waals surface area (Å²) in [7, 11) is 0. The van der Waals surface area contributed by atoms with Crippen LogP contribution in [0.3, 0.4) is 0 Å². The van der Waals surface area contributed by atoms with Gasteiger partial charge in [-0.25, -0.2) is 0 Å². The summed E-state index contributed by atoms with van der Waals surface area (Å²) in [5, 5.41) is 7.09. The summed E-state index contributed by atoms with van der Waals surface area (Å²) in [6.07, 6.45) is 6.97. The van der Waals surface area contributed by atoms with Crippen LogP contribution >= 0.6 is 0 Å². The lowest BCUT2D eigenvalue weighted by Crippen LogP contribution is -2.39. The SMILES string of the molecule is C1CCN(CCNCC2CCCN2)CC1. The molecular weight excluding hydrogens is 186 g/mol. The van der Waals surface area contributed by atoms with Crippen LogP contribution in [0, 0.1) is 0 Å². The number of rotatable bonds is 5. The van der Waals surface area contributed by atoms with Gasteiger partial charge in [-0.1, -0.05) is 6.42 Å². The first-order chi connectivity index (χ1) is 7.45. The summed E-state index contributed by atoms with van der Waals surface area (Å²) in [5.74, 6) is 0. The number of nitrogens with zero attached hydrogens (tertiary/aromatic N) is 1. The molecule has 88 valence electrons. The van der Waals surface area contributed by atoms with Gasteiger partial charge in [-0.15, -0.1) is 0 Å². The molecule has 3 nitrogen and oxygen atoms in total. The molecule has 1 atom stereocenters. The zero-order valence-electron chi connectivity index (χ0n) is 9.80. The predicted molar refractivity (Wildman–Crippen MR) is 64.2 cm³/mol. The molecule has 2 rings (SSSR count). The zero-order chi connectivity index (χ0) is 10.3. The molecule has 2 fully saturated rings. The van der Waals surface area contributed by atoms with E-state index in [1.165, 1.54) is 58.3 Å². The van der Waals surface area contributed by atoms with Crippen molar-refractivity contribution in [2.75, 3.05) is 39.3 Å². The minimum Gasteiger partial charge on any atom is -0.314 e. The van der Waals surface area contributed by atoms with Gasteiger partial charge in [0.25, 0.3) is 0 Å². The Hall–Kier alpha value is -0.120. The van der Waals surface area contributed by atoms with E-state index in [-0.39, 0.29) is 0 Å². The van der Waals surface area contributed by atoms with Crippen molar-refractivity contribution in [2.45, 2.75) is 38.1 Å². The second-order valence-corrected chi connectivity index (χ2v) is 4.90. The van der Waals surface area contributed by atoms with Crippen LogP contribution in [0.15, 0.2) is 0 Å². The molecule has 15 heavy (non-hydrogen) atoms. The van der Waals surface area contributed by atoms with E-state index in [0.717, 1.165) is 19.1 Å². The number of hydrogen-bond acceptors (Lipinski definition) is 3. The van der Waals surface area contributed by atoms with Crippen molar-refractivity contribution in [1.82, 2.24) is 15.5 Å². The second kappa shape index (κ2) is 6.46. The van der Waals surface area contributed by atoms with Crippen molar-refractivity contribution < 1.29 is 0 Å². The molecule has 3 heteroatoms. The Morgan fingerprint density at radius 3 is 2.73 bits per heavy atom. The molecule has 0 aromatic carbocycles. The van der Waals surface area contributed by atoms with Crippen LogP contribution in [-0.2, 0) is 0 Å². The highest BCUT2D eigenvalue weighted by atomic mass is 15.1. The molecule has 0 aromatic heterocycles. The average molecular weight is 211 g/mol. The van der Waals surface area contributed by atoms with E-state index in [1.54, 1.807) is 0 Å². The monoisotopic (exact) mass is 211 g/mol. The van der Waals surface area contributed by atoms with Gasteiger partial charge in [0.05, 0.1) is 0 Å². The number of piperidine rings is 1. The smallest absolute Gasteiger partial charge is 0.0192 e. The second-order valence-electron chi connectivity index (χ2n) is 4.90. The first-order valence-electron chi connectivity index (χ1n) is 6.61. The highest BCUT2D eigenvalue weighted by Crippen LogP contribution is 2.07. The fraction of sp³-hybridized carbons (Fsp3) is 1.00. The quantitative estimate of drug-likeness (QED) is 0.659. The van der Waals surface area contributed by atoms with Crippen LogP contribution in [0.1, 0.15) is 32.1 Å². The molecule has 0 aromatic rings. The topological polar surface area (TPSA) is 27.3 Å². The van der Waals surface area contributed by atoms with Gasteiger partial charge in [0.1, 0.15) is 0 Å². The molecule has 0 radical (unpaired) electrons. The number of nitrogens with one attached hydrogen (secondary N) is 2. The van der Waals surface area contributed by atoms with Crippen molar-refractivity contribution in [2.24, 2.45) is 0 Å². The van der Waals surface area contributed by atoms with E-state index >= 15 is 0 Å². The molecule has 0 aliphatic carbocycles. The Bertz CT molecular complexity index is 160.